The zero-order chi connectivity index (χ0) is 15.8. The molecule has 2 aromatic rings. The van der Waals surface area contributed by atoms with Gasteiger partial charge in [-0.3, -0.25) is 4.72 Å². The van der Waals surface area contributed by atoms with Crippen LogP contribution in [-0.2, 0) is 10.0 Å². The molecule has 0 radical (unpaired) electrons. The highest BCUT2D eigenvalue weighted by Crippen LogP contribution is 2.34. The Morgan fingerprint density at radius 2 is 1.62 bits per heavy atom. The number of sulfonamides is 1. The van der Waals surface area contributed by atoms with Gasteiger partial charge in [0.25, 0.3) is 10.0 Å². The number of hydrogen-bond acceptors (Lipinski definition) is 3. The molecule has 9 heteroatoms. The van der Waals surface area contributed by atoms with Gasteiger partial charge in [-0.05, 0) is 72.1 Å². The Bertz CT molecular complexity index is 792. The minimum Gasteiger partial charge on any atom is -0.398 e. The minimum absolute atomic E-state index is 0.0169. The average Bonchev–Trinajstić information content (AvgIpc) is 2.38. The molecule has 0 saturated carbocycles. The summed E-state index contributed by atoms with van der Waals surface area (Å²) in [6, 6.07) is 7.19. The van der Waals surface area contributed by atoms with Crippen molar-refractivity contribution in [3.05, 3.63) is 49.6 Å². The minimum atomic E-state index is -3.96. The van der Waals surface area contributed by atoms with Gasteiger partial charge in [0.15, 0.2) is 0 Å². The van der Waals surface area contributed by atoms with Gasteiger partial charge in [0.2, 0.25) is 0 Å². The van der Waals surface area contributed by atoms with Crippen molar-refractivity contribution in [3.63, 3.8) is 0 Å². The maximum atomic E-state index is 13.3. The average molecular weight is 503 g/mol. The molecule has 0 bridgehead atoms. The van der Waals surface area contributed by atoms with Gasteiger partial charge in [-0.1, -0.05) is 6.07 Å². The Balaban J connectivity index is 2.51. The third-order valence-corrected chi connectivity index (χ3v) is 5.88. The van der Waals surface area contributed by atoms with Crippen molar-refractivity contribution < 1.29 is 12.8 Å². The fourth-order valence-corrected chi connectivity index (χ4v) is 4.76. The molecule has 0 atom stereocenters. The van der Waals surface area contributed by atoms with Gasteiger partial charge in [0.1, 0.15) is 10.7 Å². The molecule has 0 amide bonds. The van der Waals surface area contributed by atoms with Crippen LogP contribution in [0.15, 0.2) is 48.6 Å². The van der Waals surface area contributed by atoms with Crippen molar-refractivity contribution >= 4 is 69.2 Å². The molecule has 3 N–H and O–H groups in total. The van der Waals surface area contributed by atoms with Crippen LogP contribution in [0.1, 0.15) is 0 Å². The first-order valence-electron chi connectivity index (χ1n) is 5.43. The van der Waals surface area contributed by atoms with E-state index in [2.05, 4.69) is 52.5 Å². The van der Waals surface area contributed by atoms with Crippen molar-refractivity contribution in [3.8, 4) is 0 Å². The lowest BCUT2D eigenvalue weighted by Gasteiger charge is -2.13. The lowest BCUT2D eigenvalue weighted by atomic mass is 10.3. The maximum Gasteiger partial charge on any atom is 0.264 e. The summed E-state index contributed by atoms with van der Waals surface area (Å²) in [5.74, 6) is -0.631. The number of para-hydroxylation sites is 1. The van der Waals surface area contributed by atoms with E-state index in [0.717, 1.165) is 12.1 Å². The monoisotopic (exact) mass is 500 g/mol. The number of nitrogens with two attached hydrogens (primary N) is 1. The number of rotatable bonds is 3. The molecule has 2 aromatic carbocycles. The van der Waals surface area contributed by atoms with E-state index in [1.165, 1.54) is 0 Å². The van der Waals surface area contributed by atoms with Gasteiger partial charge in [0.05, 0.1) is 15.8 Å². The number of benzene rings is 2. The molecular formula is C12H8Br3FN2O2S. The molecule has 21 heavy (non-hydrogen) atoms. The zero-order valence-electron chi connectivity index (χ0n) is 10.2. The van der Waals surface area contributed by atoms with Crippen molar-refractivity contribution in [2.24, 2.45) is 0 Å². The summed E-state index contributed by atoms with van der Waals surface area (Å²) in [5, 5.41) is 0. The molecule has 0 heterocycles. The Morgan fingerprint density at radius 1 is 1.05 bits per heavy atom. The molecule has 0 fully saturated rings. The van der Waals surface area contributed by atoms with Crippen LogP contribution in [0.4, 0.5) is 15.8 Å². The van der Waals surface area contributed by atoms with Gasteiger partial charge in [-0.2, -0.15) is 0 Å². The Hall–Kier alpha value is -0.640. The van der Waals surface area contributed by atoms with Crippen LogP contribution in [0.3, 0.4) is 0 Å². The van der Waals surface area contributed by atoms with Crippen LogP contribution >= 0.6 is 47.8 Å². The Labute approximate surface area is 146 Å². The van der Waals surface area contributed by atoms with Crippen molar-refractivity contribution in [2.45, 2.75) is 4.90 Å². The van der Waals surface area contributed by atoms with E-state index in [1.807, 2.05) is 0 Å². The quantitative estimate of drug-likeness (QED) is 0.607. The first-order chi connectivity index (χ1) is 9.72. The molecule has 2 rings (SSSR count). The van der Waals surface area contributed by atoms with E-state index < -0.39 is 15.8 Å². The first-order valence-corrected chi connectivity index (χ1v) is 9.30. The van der Waals surface area contributed by atoms with Crippen molar-refractivity contribution in [1.29, 1.82) is 0 Å². The predicted molar refractivity (Wildman–Crippen MR) is 91.2 cm³/mol. The second-order valence-electron chi connectivity index (χ2n) is 4.01. The van der Waals surface area contributed by atoms with Crippen LogP contribution in [0.2, 0.25) is 0 Å². The molecule has 0 aromatic heterocycles. The van der Waals surface area contributed by atoms with E-state index in [9.17, 15) is 12.8 Å². The number of nitrogens with one attached hydrogen (secondary N) is 1. The van der Waals surface area contributed by atoms with E-state index in [4.69, 9.17) is 5.73 Å². The summed E-state index contributed by atoms with van der Waals surface area (Å²) in [4.78, 5) is -0.210. The third-order valence-electron chi connectivity index (χ3n) is 2.54. The number of hydrogen-bond donors (Lipinski definition) is 2. The lowest BCUT2D eigenvalue weighted by Crippen LogP contribution is -2.16. The fourth-order valence-electron chi connectivity index (χ4n) is 1.56. The third kappa shape index (κ3) is 3.58. The topological polar surface area (TPSA) is 72.2 Å². The first kappa shape index (κ1) is 16.7. The molecule has 0 saturated heterocycles. The standard InChI is InChI=1S/C12H8Br3FN2O2S/c13-6-2-1-3-7(14)12(6)18-21(19,20)11-4-8(15)9(16)5-10(11)17/h1-5,18H,17H2. The number of anilines is 2. The van der Waals surface area contributed by atoms with Gasteiger partial charge in [-0.15, -0.1) is 0 Å². The van der Waals surface area contributed by atoms with E-state index >= 15 is 0 Å². The number of nitrogen functional groups attached to an aromatic ring is 1. The normalized spacial score (nSPS) is 11.4. The lowest BCUT2D eigenvalue weighted by molar-refractivity contribution is 0.599. The molecule has 112 valence electrons. The highest BCUT2D eigenvalue weighted by atomic mass is 79.9. The molecule has 4 nitrogen and oxygen atoms in total. The van der Waals surface area contributed by atoms with Gasteiger partial charge < -0.3 is 5.73 Å². The second kappa shape index (κ2) is 6.23. The van der Waals surface area contributed by atoms with Crippen LogP contribution < -0.4 is 10.5 Å². The Morgan fingerprint density at radius 3 is 2.19 bits per heavy atom. The van der Waals surface area contributed by atoms with E-state index in [-0.39, 0.29) is 15.1 Å². The van der Waals surface area contributed by atoms with Gasteiger partial charge in [-0.25, -0.2) is 12.8 Å². The summed E-state index contributed by atoms with van der Waals surface area (Å²) in [7, 11) is -3.96. The SMILES string of the molecule is Nc1cc(F)c(Br)cc1S(=O)(=O)Nc1c(Br)cccc1Br. The molecule has 0 aliphatic rings. The summed E-state index contributed by atoms with van der Waals surface area (Å²) in [5.41, 5.74) is 5.76. The van der Waals surface area contributed by atoms with Crippen LogP contribution in [0, 0.1) is 5.82 Å². The molecular weight excluding hydrogens is 495 g/mol. The maximum absolute atomic E-state index is 13.3. The smallest absolute Gasteiger partial charge is 0.264 e. The van der Waals surface area contributed by atoms with Crippen molar-refractivity contribution in [2.75, 3.05) is 10.5 Å². The summed E-state index contributed by atoms with van der Waals surface area (Å²) < 4.78 is 41.7. The predicted octanol–water partition coefficient (Wildman–Crippen LogP) is 4.50. The van der Waals surface area contributed by atoms with Crippen LogP contribution in [0.5, 0.6) is 0 Å². The van der Waals surface area contributed by atoms with Crippen molar-refractivity contribution in [1.82, 2.24) is 0 Å². The fraction of sp³-hybridized carbons (Fsp3) is 0. The van der Waals surface area contributed by atoms with E-state index in [0.29, 0.717) is 14.6 Å². The van der Waals surface area contributed by atoms with Crippen LogP contribution in [-0.4, -0.2) is 8.42 Å². The summed E-state index contributed by atoms with van der Waals surface area (Å²) >= 11 is 9.46. The van der Waals surface area contributed by atoms with E-state index in [1.54, 1.807) is 18.2 Å². The van der Waals surface area contributed by atoms with Gasteiger partial charge in [0, 0.05) is 8.95 Å². The second-order valence-corrected chi connectivity index (χ2v) is 8.22. The van der Waals surface area contributed by atoms with Crippen LogP contribution in [0.25, 0.3) is 0 Å². The highest BCUT2D eigenvalue weighted by Gasteiger charge is 2.21. The van der Waals surface area contributed by atoms with Gasteiger partial charge >= 0.3 is 0 Å². The number of halogens is 4. The Kier molecular flexibility index (Phi) is 4.96. The molecule has 0 aliphatic carbocycles. The molecule has 0 aliphatic heterocycles. The largest absolute Gasteiger partial charge is 0.398 e. The highest BCUT2D eigenvalue weighted by molar-refractivity contribution is 9.11. The summed E-state index contributed by atoms with van der Waals surface area (Å²) in [6.45, 7) is 0. The summed E-state index contributed by atoms with van der Waals surface area (Å²) in [6.07, 6.45) is 0. The molecule has 0 spiro atoms. The molecule has 0 unspecified atom stereocenters. The zero-order valence-corrected chi connectivity index (χ0v) is 15.8.